The summed E-state index contributed by atoms with van der Waals surface area (Å²) in [6.45, 7) is 0. The Morgan fingerprint density at radius 1 is 1.42 bits per heavy atom. The van der Waals surface area contributed by atoms with Crippen LogP contribution in [-0.4, -0.2) is 54.9 Å². The molecule has 3 atom stereocenters. The van der Waals surface area contributed by atoms with Crippen molar-refractivity contribution in [2.75, 3.05) is 18.7 Å². The number of alkyl halides is 1. The molecule has 8 nitrogen and oxygen atoms in total. The first kappa shape index (κ1) is 13.9. The molecule has 4 N–H and O–H groups in total. The van der Waals surface area contributed by atoms with Crippen LogP contribution in [-0.2, 0) is 4.74 Å². The molecule has 0 unspecified atom stereocenters. The number of fused-ring (bicyclic) bond motifs is 1. The summed E-state index contributed by atoms with van der Waals surface area (Å²) in [6, 6.07) is 0. The second-order valence-electron chi connectivity index (χ2n) is 3.92. The predicted molar refractivity (Wildman–Crippen MR) is 68.5 cm³/mol. The van der Waals surface area contributed by atoms with Crippen molar-refractivity contribution in [2.24, 2.45) is 0 Å². The normalized spacial score (nSPS) is 16.4. The standard InChI is InChI=1S/C10H14ClN5O3/c1-19-5(2-11)7(17)10(18)16-4-15-6-8(12)13-3-14-9(6)16/h3-5,7,10,17-18H,2H2,1H3,(H2,12,13,14)/t5-,7-,10-/m1/s1. The van der Waals surface area contributed by atoms with Crippen molar-refractivity contribution in [3.63, 3.8) is 0 Å². The summed E-state index contributed by atoms with van der Waals surface area (Å²) in [4.78, 5) is 11.8. The Morgan fingerprint density at radius 3 is 2.79 bits per heavy atom. The zero-order valence-electron chi connectivity index (χ0n) is 10.1. The molecule has 0 saturated heterocycles. The lowest BCUT2D eigenvalue weighted by Gasteiger charge is -2.24. The van der Waals surface area contributed by atoms with Gasteiger partial charge in [-0.15, -0.1) is 11.6 Å². The number of anilines is 1. The summed E-state index contributed by atoms with van der Waals surface area (Å²) in [5.41, 5.74) is 6.32. The summed E-state index contributed by atoms with van der Waals surface area (Å²) in [5.74, 6) is 0.240. The number of halogens is 1. The predicted octanol–water partition coefficient (Wildman–Crippen LogP) is -0.486. The molecule has 0 radical (unpaired) electrons. The molecule has 0 bridgehead atoms. The molecule has 0 aliphatic carbocycles. The van der Waals surface area contributed by atoms with Gasteiger partial charge in [0.1, 0.15) is 24.1 Å². The lowest BCUT2D eigenvalue weighted by molar-refractivity contribution is -0.0942. The van der Waals surface area contributed by atoms with Crippen LogP contribution < -0.4 is 5.73 Å². The van der Waals surface area contributed by atoms with E-state index >= 15 is 0 Å². The van der Waals surface area contributed by atoms with Gasteiger partial charge in [0, 0.05) is 7.11 Å². The van der Waals surface area contributed by atoms with E-state index in [4.69, 9.17) is 22.1 Å². The molecule has 0 fully saturated rings. The summed E-state index contributed by atoms with van der Waals surface area (Å²) in [7, 11) is 1.40. The second-order valence-corrected chi connectivity index (χ2v) is 4.22. The highest BCUT2D eigenvalue weighted by molar-refractivity contribution is 6.18. The molecule has 2 heterocycles. The summed E-state index contributed by atoms with van der Waals surface area (Å²) < 4.78 is 6.27. The molecule has 9 heteroatoms. The van der Waals surface area contributed by atoms with Crippen LogP contribution >= 0.6 is 11.6 Å². The van der Waals surface area contributed by atoms with Crippen molar-refractivity contribution in [1.29, 1.82) is 0 Å². The number of nitrogens with two attached hydrogens (primary N) is 1. The van der Waals surface area contributed by atoms with Crippen LogP contribution in [0.5, 0.6) is 0 Å². The van der Waals surface area contributed by atoms with Crippen LogP contribution in [0.25, 0.3) is 11.2 Å². The zero-order chi connectivity index (χ0) is 14.0. The quantitative estimate of drug-likeness (QED) is 0.635. The van der Waals surface area contributed by atoms with Gasteiger partial charge in [-0.25, -0.2) is 15.0 Å². The van der Waals surface area contributed by atoms with Gasteiger partial charge in [0.2, 0.25) is 0 Å². The Morgan fingerprint density at radius 2 is 2.16 bits per heavy atom. The van der Waals surface area contributed by atoms with Crippen LogP contribution in [0.2, 0.25) is 0 Å². The molecule has 0 saturated carbocycles. The van der Waals surface area contributed by atoms with E-state index in [1.165, 1.54) is 24.3 Å². The van der Waals surface area contributed by atoms with E-state index in [1.807, 2.05) is 0 Å². The van der Waals surface area contributed by atoms with E-state index in [1.54, 1.807) is 0 Å². The highest BCUT2D eigenvalue weighted by Gasteiger charge is 2.28. The second kappa shape index (κ2) is 5.66. The van der Waals surface area contributed by atoms with Crippen LogP contribution in [0.1, 0.15) is 6.23 Å². The zero-order valence-corrected chi connectivity index (χ0v) is 10.9. The molecule has 2 aromatic rings. The highest BCUT2D eigenvalue weighted by Crippen LogP contribution is 2.21. The van der Waals surface area contributed by atoms with Gasteiger partial charge in [0.05, 0.1) is 12.2 Å². The fourth-order valence-corrected chi connectivity index (χ4v) is 2.02. The van der Waals surface area contributed by atoms with Crippen molar-refractivity contribution in [3.05, 3.63) is 12.7 Å². The third kappa shape index (κ3) is 2.47. The van der Waals surface area contributed by atoms with E-state index < -0.39 is 18.4 Å². The smallest absolute Gasteiger partial charge is 0.167 e. The third-order valence-corrected chi connectivity index (χ3v) is 3.12. The first-order valence-electron chi connectivity index (χ1n) is 5.48. The average Bonchev–Trinajstić information content (AvgIpc) is 2.84. The minimum absolute atomic E-state index is 0.0402. The van der Waals surface area contributed by atoms with E-state index in [-0.39, 0.29) is 11.7 Å². The van der Waals surface area contributed by atoms with Crippen molar-refractivity contribution in [2.45, 2.75) is 18.4 Å². The molecular formula is C10H14ClN5O3. The topological polar surface area (TPSA) is 119 Å². The highest BCUT2D eigenvalue weighted by atomic mass is 35.5. The number of hydrogen-bond acceptors (Lipinski definition) is 7. The Labute approximate surface area is 113 Å². The number of aliphatic hydroxyl groups excluding tert-OH is 2. The first-order chi connectivity index (χ1) is 9.10. The average molecular weight is 288 g/mol. The number of ether oxygens (including phenoxy) is 1. The van der Waals surface area contributed by atoms with Gasteiger partial charge in [-0.1, -0.05) is 0 Å². The third-order valence-electron chi connectivity index (χ3n) is 2.81. The van der Waals surface area contributed by atoms with Gasteiger partial charge in [-0.2, -0.15) is 0 Å². The maximum atomic E-state index is 10.1. The lowest BCUT2D eigenvalue weighted by atomic mass is 10.2. The number of hydrogen-bond donors (Lipinski definition) is 3. The first-order valence-corrected chi connectivity index (χ1v) is 6.01. The number of imidazole rings is 1. The maximum absolute atomic E-state index is 10.1. The van der Waals surface area contributed by atoms with Gasteiger partial charge < -0.3 is 20.7 Å². The molecule has 19 heavy (non-hydrogen) atoms. The van der Waals surface area contributed by atoms with E-state index in [0.29, 0.717) is 11.2 Å². The van der Waals surface area contributed by atoms with E-state index in [2.05, 4.69) is 15.0 Å². The summed E-state index contributed by atoms with van der Waals surface area (Å²) >= 11 is 5.64. The fourth-order valence-electron chi connectivity index (χ4n) is 1.71. The molecule has 0 aromatic carbocycles. The molecule has 2 rings (SSSR count). The lowest BCUT2D eigenvalue weighted by Crippen LogP contribution is -2.37. The van der Waals surface area contributed by atoms with Crippen molar-refractivity contribution < 1.29 is 14.9 Å². The summed E-state index contributed by atoms with van der Waals surface area (Å²) in [6.07, 6.45) is -0.665. The number of aliphatic hydroxyl groups is 2. The largest absolute Gasteiger partial charge is 0.386 e. The number of nitrogen functional groups attached to an aromatic ring is 1. The number of methoxy groups -OCH3 is 1. The number of aromatic nitrogens is 4. The minimum Gasteiger partial charge on any atom is -0.386 e. The summed E-state index contributed by atoms with van der Waals surface area (Å²) in [5, 5.41) is 20.1. The van der Waals surface area contributed by atoms with Crippen molar-refractivity contribution in [1.82, 2.24) is 19.5 Å². The van der Waals surface area contributed by atoms with Gasteiger partial charge in [-0.3, -0.25) is 4.57 Å². The van der Waals surface area contributed by atoms with Crippen LogP contribution in [0.3, 0.4) is 0 Å². The molecule has 0 spiro atoms. The SMILES string of the molecule is CO[C@H](CCl)[C@@H](O)[C@@H](O)n1cnc2c(N)ncnc21. The number of nitrogens with zero attached hydrogens (tertiary/aromatic N) is 4. The van der Waals surface area contributed by atoms with E-state index in [0.717, 1.165) is 0 Å². The van der Waals surface area contributed by atoms with Crippen LogP contribution in [0.4, 0.5) is 5.82 Å². The molecule has 0 aliphatic heterocycles. The van der Waals surface area contributed by atoms with Gasteiger partial charge >= 0.3 is 0 Å². The Kier molecular flexibility index (Phi) is 4.15. The molecule has 0 aliphatic rings. The molecular weight excluding hydrogens is 274 g/mol. The van der Waals surface area contributed by atoms with E-state index in [9.17, 15) is 10.2 Å². The van der Waals surface area contributed by atoms with Crippen molar-refractivity contribution >= 4 is 28.6 Å². The maximum Gasteiger partial charge on any atom is 0.167 e. The van der Waals surface area contributed by atoms with Crippen LogP contribution in [0, 0.1) is 0 Å². The van der Waals surface area contributed by atoms with Gasteiger partial charge in [0.25, 0.3) is 0 Å². The van der Waals surface area contributed by atoms with Gasteiger partial charge in [-0.05, 0) is 0 Å². The Bertz CT molecular complexity index is 559. The van der Waals surface area contributed by atoms with Gasteiger partial charge in [0.15, 0.2) is 17.7 Å². The van der Waals surface area contributed by atoms with Crippen molar-refractivity contribution in [3.8, 4) is 0 Å². The van der Waals surface area contributed by atoms with Crippen LogP contribution in [0.15, 0.2) is 12.7 Å². The molecule has 2 aromatic heterocycles. The number of rotatable bonds is 5. The monoisotopic (exact) mass is 287 g/mol. The molecule has 0 amide bonds. The fraction of sp³-hybridized carbons (Fsp3) is 0.500. The Balaban J connectivity index is 2.36. The Hall–Kier alpha value is -1.48. The molecule has 104 valence electrons. The minimum atomic E-state index is -1.30.